The van der Waals surface area contributed by atoms with Crippen LogP contribution in [-0.2, 0) is 75.2 Å². The van der Waals surface area contributed by atoms with Crippen LogP contribution in [-0.4, -0.2) is 215 Å². The lowest BCUT2D eigenvalue weighted by Crippen LogP contribution is -2.61. The number of carboxylic acid groups (broad SMARTS) is 3. The summed E-state index contributed by atoms with van der Waals surface area (Å²) in [5.41, 5.74) is 28.0. The largest absolute Gasteiger partial charge is 0.481 e. The number of H-pyrrole nitrogens is 2. The number of amides is 10. The van der Waals surface area contributed by atoms with Gasteiger partial charge in [-0.15, -0.1) is 0 Å². The van der Waals surface area contributed by atoms with E-state index in [2.05, 4.69) is 72.8 Å². The first-order valence-corrected chi connectivity index (χ1v) is 27.0. The van der Waals surface area contributed by atoms with Crippen LogP contribution in [0.15, 0.2) is 30.0 Å². The molecule has 37 heteroatoms. The van der Waals surface area contributed by atoms with E-state index in [-0.39, 0.29) is 43.2 Å². The van der Waals surface area contributed by atoms with E-state index in [4.69, 9.17) is 28.7 Å². The molecule has 0 spiro atoms. The lowest BCUT2D eigenvalue weighted by molar-refractivity contribution is -0.145. The van der Waals surface area contributed by atoms with Gasteiger partial charge in [-0.2, -0.15) is 0 Å². The number of carboxylic acids is 3. The van der Waals surface area contributed by atoms with E-state index in [0.29, 0.717) is 25.8 Å². The summed E-state index contributed by atoms with van der Waals surface area (Å²) in [5.74, 6) is -17.1. The maximum Gasteiger partial charge on any atom is 0.326 e. The number of imidazole rings is 2. The maximum atomic E-state index is 14.3. The summed E-state index contributed by atoms with van der Waals surface area (Å²) in [4.78, 5) is 188. The van der Waals surface area contributed by atoms with Crippen molar-refractivity contribution in [1.29, 1.82) is 0 Å². The smallest absolute Gasteiger partial charge is 0.326 e. The third kappa shape index (κ3) is 26.5. The normalized spacial score (nSPS) is 14.8. The molecule has 2 rings (SSSR count). The minimum absolute atomic E-state index is 0.0622. The molecule has 0 bridgehead atoms. The van der Waals surface area contributed by atoms with Gasteiger partial charge in [-0.3, -0.25) is 62.5 Å². The number of guanidine groups is 1. The van der Waals surface area contributed by atoms with E-state index < -0.39 is 195 Å². The van der Waals surface area contributed by atoms with E-state index in [0.717, 1.165) is 0 Å². The zero-order chi connectivity index (χ0) is 64.6. The first-order valence-electron chi connectivity index (χ1n) is 27.0. The SMILES string of the molecule is CC[C@H](C)[C@H](NC(=O)[C@H](CC(=O)O)NC(=O)[C@H](Cc1cnc[nH]1)NC(=O)[C@H](Cc1cnc[nH]1)NC(=O)[C@H](CO)NC(=O)[C@H](CCC(N)=O)NC(=O)[C@H](CCCN=C(N)N)NC(=O)[C@H](CO)NC(=O)[C@H](CC(=O)O)NC(=O)[C@@H](N)CCCCN)C(=O)O. The van der Waals surface area contributed by atoms with Crippen molar-refractivity contribution in [3.63, 3.8) is 0 Å². The van der Waals surface area contributed by atoms with Crippen molar-refractivity contribution in [2.75, 3.05) is 26.3 Å². The molecule has 11 atom stereocenters. The fourth-order valence-corrected chi connectivity index (χ4v) is 7.90. The molecule has 37 nitrogen and oxygen atoms in total. The Balaban J connectivity index is 2.46. The van der Waals surface area contributed by atoms with E-state index in [9.17, 15) is 87.9 Å². The van der Waals surface area contributed by atoms with Crippen molar-refractivity contribution in [1.82, 2.24) is 67.8 Å². The number of aliphatic carboxylic acids is 3. The van der Waals surface area contributed by atoms with Gasteiger partial charge in [0.2, 0.25) is 59.1 Å². The van der Waals surface area contributed by atoms with Gasteiger partial charge in [0, 0.05) is 49.6 Å². The van der Waals surface area contributed by atoms with Crippen LogP contribution in [0.5, 0.6) is 0 Å². The van der Waals surface area contributed by atoms with Crippen LogP contribution < -0.4 is 76.5 Å². The monoisotopic (exact) mass is 1220 g/mol. The van der Waals surface area contributed by atoms with Gasteiger partial charge in [0.15, 0.2) is 5.96 Å². The van der Waals surface area contributed by atoms with E-state index in [1.54, 1.807) is 6.92 Å². The second kappa shape index (κ2) is 37.8. The van der Waals surface area contributed by atoms with Crippen molar-refractivity contribution in [3.05, 3.63) is 36.4 Å². The van der Waals surface area contributed by atoms with E-state index in [1.807, 2.05) is 0 Å². The number of aromatic nitrogens is 4. The lowest BCUT2D eigenvalue weighted by atomic mass is 9.98. The van der Waals surface area contributed by atoms with Crippen LogP contribution in [0.1, 0.15) is 89.4 Å². The molecule has 0 radical (unpaired) electrons. The quantitative estimate of drug-likeness (QED) is 0.0167. The number of rotatable bonds is 42. The Morgan fingerprint density at radius 2 is 0.930 bits per heavy atom. The van der Waals surface area contributed by atoms with Crippen molar-refractivity contribution < 1.29 is 87.9 Å². The van der Waals surface area contributed by atoms with Gasteiger partial charge < -0.3 is 112 Å². The van der Waals surface area contributed by atoms with Crippen LogP contribution in [0.3, 0.4) is 0 Å². The zero-order valence-electron chi connectivity index (χ0n) is 47.2. The molecule has 10 amide bonds. The number of unbranched alkanes of at least 4 members (excludes halogenated alkanes) is 1. The summed E-state index contributed by atoms with van der Waals surface area (Å²) in [7, 11) is 0. The number of primary amides is 1. The van der Waals surface area contributed by atoms with Crippen LogP contribution in [0.2, 0.25) is 0 Å². The minimum atomic E-state index is -1.97. The third-order valence-corrected chi connectivity index (χ3v) is 12.9. The number of aliphatic imine (C=N–C) groups is 1. The van der Waals surface area contributed by atoms with Crippen molar-refractivity contribution in [2.24, 2.45) is 39.6 Å². The molecule has 0 saturated carbocycles. The third-order valence-electron chi connectivity index (χ3n) is 12.9. The van der Waals surface area contributed by atoms with Gasteiger partial charge in [-0.1, -0.05) is 26.7 Å². The summed E-state index contributed by atoms with van der Waals surface area (Å²) in [6, 6.07) is -17.1. The molecule has 2 heterocycles. The first-order chi connectivity index (χ1) is 40.6. The number of hydrogen-bond donors (Lipinski definition) is 21. The Labute approximate surface area is 491 Å². The highest BCUT2D eigenvalue weighted by Gasteiger charge is 2.37. The topological polar surface area (TPSA) is 631 Å². The Morgan fingerprint density at radius 1 is 0.535 bits per heavy atom. The number of aliphatic hydroxyl groups is 2. The number of aliphatic hydroxyl groups excluding tert-OH is 2. The Morgan fingerprint density at radius 3 is 1.33 bits per heavy atom. The second-order valence-corrected chi connectivity index (χ2v) is 19.7. The molecule has 86 heavy (non-hydrogen) atoms. The summed E-state index contributed by atoms with van der Waals surface area (Å²) in [5, 5.41) is 70.0. The van der Waals surface area contributed by atoms with Crippen LogP contribution in [0, 0.1) is 5.92 Å². The van der Waals surface area contributed by atoms with Gasteiger partial charge in [0.25, 0.3) is 0 Å². The van der Waals surface area contributed by atoms with Gasteiger partial charge in [0.1, 0.15) is 54.4 Å². The molecular formula is C49H79N19O18. The van der Waals surface area contributed by atoms with Crippen molar-refractivity contribution in [2.45, 2.75) is 151 Å². The number of carbonyl (C=O) groups is 13. The summed E-state index contributed by atoms with van der Waals surface area (Å²) < 4.78 is 0. The number of aromatic amines is 2. The highest BCUT2D eigenvalue weighted by molar-refractivity contribution is 5.99. The standard InChI is InChI=1S/C49H79N19O18/c1-3-23(2)38(48(85)86)68-45(82)32(16-37(74)75)65-43(80)29(13-24-17-55-21-58-24)63-42(79)30(14-25-18-56-22-59-25)64-47(84)34(20-70)66-41(78)28(9-10-35(52)71)61-40(77)27(8-6-12-57-49(53)54)60-46(83)33(19-69)67-44(81)31(15-36(72)73)62-39(76)26(51)7-4-5-11-50/h17-18,21-23,26-34,38,69-70H,3-16,19-20,50-51H2,1-2H3,(H2,52,71)(H,55,58)(H,56,59)(H,60,83)(H,61,77)(H,62,76)(H,63,79)(H,64,84)(H,65,80)(H,66,78)(H,67,81)(H,68,82)(H,72,73)(H,74,75)(H,85,86)(H4,53,54,57)/t23-,26-,27-,28-,29-,30-,31-,32-,33-,34-,38-/m0/s1. The molecule has 0 saturated heterocycles. The Hall–Kier alpha value is -9.36. The van der Waals surface area contributed by atoms with Crippen LogP contribution in [0.4, 0.5) is 0 Å². The number of carbonyl (C=O) groups excluding carboxylic acids is 10. The molecule has 0 aliphatic heterocycles. The summed E-state index contributed by atoms with van der Waals surface area (Å²) in [6.07, 6.45) is 1.93. The predicted octanol–water partition coefficient (Wildman–Crippen LogP) is -8.88. The average Bonchev–Trinajstić information content (AvgIpc) is 3.38. The Bertz CT molecular complexity index is 2640. The molecule has 478 valence electrons. The predicted molar refractivity (Wildman–Crippen MR) is 297 cm³/mol. The van der Waals surface area contributed by atoms with Gasteiger partial charge in [0.05, 0.1) is 44.8 Å². The molecule has 0 aliphatic rings. The highest BCUT2D eigenvalue weighted by Crippen LogP contribution is 2.11. The molecular weight excluding hydrogens is 1140 g/mol. The fourth-order valence-electron chi connectivity index (χ4n) is 7.90. The summed E-state index contributed by atoms with van der Waals surface area (Å²) in [6.45, 7) is 0.996. The van der Waals surface area contributed by atoms with Gasteiger partial charge in [-0.25, -0.2) is 14.8 Å². The fraction of sp³-hybridized carbons (Fsp3) is 0.592. The second-order valence-electron chi connectivity index (χ2n) is 19.7. The van der Waals surface area contributed by atoms with Crippen LogP contribution >= 0.6 is 0 Å². The van der Waals surface area contributed by atoms with E-state index in [1.165, 1.54) is 32.0 Å². The minimum Gasteiger partial charge on any atom is -0.481 e. The number of nitrogens with two attached hydrogens (primary N) is 5. The Kier molecular flexibility index (Phi) is 31.9. The average molecular weight is 1220 g/mol. The lowest BCUT2D eigenvalue weighted by Gasteiger charge is -2.27. The molecule has 0 fully saturated rings. The summed E-state index contributed by atoms with van der Waals surface area (Å²) >= 11 is 0. The van der Waals surface area contributed by atoms with E-state index >= 15 is 0 Å². The van der Waals surface area contributed by atoms with Crippen LogP contribution in [0.25, 0.3) is 0 Å². The molecule has 26 N–H and O–H groups in total. The van der Waals surface area contributed by atoms with Gasteiger partial charge >= 0.3 is 17.9 Å². The molecule has 0 unspecified atom stereocenters. The van der Waals surface area contributed by atoms with Crippen molar-refractivity contribution >= 4 is 82.9 Å². The first kappa shape index (κ1) is 72.7. The van der Waals surface area contributed by atoms with Crippen molar-refractivity contribution in [3.8, 4) is 0 Å². The maximum absolute atomic E-state index is 14.3. The zero-order valence-corrected chi connectivity index (χ0v) is 47.2. The molecule has 0 aliphatic carbocycles. The molecule has 0 aromatic carbocycles. The molecule has 2 aromatic rings. The van der Waals surface area contributed by atoms with Gasteiger partial charge in [-0.05, 0) is 44.6 Å². The number of nitrogens with zero attached hydrogens (tertiary/aromatic N) is 3. The number of hydrogen-bond acceptors (Lipinski definition) is 20. The number of nitrogens with one attached hydrogen (secondary N) is 11. The molecule has 2 aromatic heterocycles. The highest BCUT2D eigenvalue weighted by atomic mass is 16.4.